The molecular weight excluding hydrogens is 400 g/mol. The van der Waals surface area contributed by atoms with E-state index in [4.69, 9.17) is 13.9 Å². The normalized spacial score (nSPS) is 24.1. The molecule has 4 atom stereocenters. The maximum atomic E-state index is 12.6. The van der Waals surface area contributed by atoms with E-state index in [0.29, 0.717) is 5.56 Å². The zero-order chi connectivity index (χ0) is 21.6. The van der Waals surface area contributed by atoms with Gasteiger partial charge < -0.3 is 44.5 Å². The monoisotopic (exact) mass is 418 g/mol. The molecule has 0 bridgehead atoms. The van der Waals surface area contributed by atoms with Crippen LogP contribution < -0.4 is 10.2 Å². The Morgan fingerprint density at radius 3 is 2.33 bits per heavy atom. The second kappa shape index (κ2) is 7.50. The van der Waals surface area contributed by atoms with Gasteiger partial charge in [-0.1, -0.05) is 0 Å². The summed E-state index contributed by atoms with van der Waals surface area (Å²) in [6, 6.07) is 7.75. The van der Waals surface area contributed by atoms with Gasteiger partial charge in [0.1, 0.15) is 41.0 Å². The molecule has 3 aromatic rings. The molecule has 30 heavy (non-hydrogen) atoms. The number of aliphatic hydroxyl groups is 3. The molecule has 6 N–H and O–H groups in total. The molecule has 0 aliphatic carbocycles. The third-order valence-electron chi connectivity index (χ3n) is 4.76. The topological polar surface area (TPSA) is 170 Å². The van der Waals surface area contributed by atoms with Crippen LogP contribution in [0.25, 0.3) is 22.3 Å². The van der Waals surface area contributed by atoms with Crippen LogP contribution in [0, 0.1) is 0 Å². The predicted molar refractivity (Wildman–Crippen MR) is 101 cm³/mol. The van der Waals surface area contributed by atoms with Gasteiger partial charge in [-0.2, -0.15) is 0 Å². The minimum Gasteiger partial charge on any atom is -0.508 e. The van der Waals surface area contributed by atoms with Crippen LogP contribution in [-0.4, -0.2) is 61.8 Å². The molecule has 0 spiro atoms. The van der Waals surface area contributed by atoms with E-state index in [1.54, 1.807) is 0 Å². The zero-order valence-electron chi connectivity index (χ0n) is 15.3. The van der Waals surface area contributed by atoms with Crippen molar-refractivity contribution in [1.29, 1.82) is 0 Å². The van der Waals surface area contributed by atoms with Crippen molar-refractivity contribution in [2.45, 2.75) is 24.6 Å². The summed E-state index contributed by atoms with van der Waals surface area (Å²) in [5.41, 5.74) is -0.533. The van der Waals surface area contributed by atoms with Crippen molar-refractivity contribution in [1.82, 2.24) is 0 Å². The van der Waals surface area contributed by atoms with Crippen LogP contribution in [0.5, 0.6) is 23.0 Å². The summed E-state index contributed by atoms with van der Waals surface area (Å²) >= 11 is 0. The Labute approximate surface area is 168 Å². The van der Waals surface area contributed by atoms with E-state index in [0.717, 1.165) is 12.1 Å². The average molecular weight is 418 g/mol. The molecular formula is C20H18O10. The smallest absolute Gasteiger partial charge is 0.229 e. The second-order valence-corrected chi connectivity index (χ2v) is 6.84. The maximum Gasteiger partial charge on any atom is 0.229 e. The van der Waals surface area contributed by atoms with Crippen LogP contribution >= 0.6 is 0 Å². The van der Waals surface area contributed by atoms with Gasteiger partial charge in [-0.05, 0) is 24.3 Å². The van der Waals surface area contributed by atoms with Crippen molar-refractivity contribution < 1.29 is 44.5 Å². The molecule has 158 valence electrons. The number of hydrogen-bond acceptors (Lipinski definition) is 10. The number of aliphatic hydroxyl groups excluding tert-OH is 3. The van der Waals surface area contributed by atoms with E-state index in [1.165, 1.54) is 24.3 Å². The molecule has 2 heterocycles. The first-order valence-electron chi connectivity index (χ1n) is 8.91. The Morgan fingerprint density at radius 1 is 0.933 bits per heavy atom. The van der Waals surface area contributed by atoms with E-state index in [-0.39, 0.29) is 29.1 Å². The lowest BCUT2D eigenvalue weighted by molar-refractivity contribution is -0.242. The molecule has 1 fully saturated rings. The largest absolute Gasteiger partial charge is 0.508 e. The first kappa shape index (κ1) is 20.0. The van der Waals surface area contributed by atoms with Crippen LogP contribution in [0.1, 0.15) is 0 Å². The quantitative estimate of drug-likeness (QED) is 0.350. The summed E-state index contributed by atoms with van der Waals surface area (Å²) < 4.78 is 16.3. The zero-order valence-corrected chi connectivity index (χ0v) is 15.3. The highest BCUT2D eigenvalue weighted by Crippen LogP contribution is 2.41. The predicted octanol–water partition coefficient (Wildman–Crippen LogP) is 0.395. The average Bonchev–Trinajstić information content (AvgIpc) is 2.70. The van der Waals surface area contributed by atoms with Gasteiger partial charge >= 0.3 is 0 Å². The lowest BCUT2D eigenvalue weighted by Crippen LogP contribution is -2.54. The Balaban J connectivity index is 1.84. The van der Waals surface area contributed by atoms with E-state index in [9.17, 15) is 35.4 Å². The highest BCUT2D eigenvalue weighted by atomic mass is 16.7. The van der Waals surface area contributed by atoms with Crippen molar-refractivity contribution in [2.24, 2.45) is 0 Å². The summed E-state index contributed by atoms with van der Waals surface area (Å²) in [5, 5.41) is 59.0. The molecule has 0 unspecified atom stereocenters. The highest BCUT2D eigenvalue weighted by Gasteiger charge is 2.40. The van der Waals surface area contributed by atoms with Crippen LogP contribution in [0.4, 0.5) is 0 Å². The molecule has 0 radical (unpaired) electrons. The van der Waals surface area contributed by atoms with E-state index in [2.05, 4.69) is 0 Å². The summed E-state index contributed by atoms with van der Waals surface area (Å²) in [4.78, 5) is 12.6. The number of ether oxygens (including phenoxy) is 2. The molecule has 10 heteroatoms. The Kier molecular flexibility index (Phi) is 5.00. The Hall–Kier alpha value is -3.31. The number of benzene rings is 2. The van der Waals surface area contributed by atoms with Crippen molar-refractivity contribution in [3.05, 3.63) is 46.6 Å². The fourth-order valence-electron chi connectivity index (χ4n) is 3.16. The minimum atomic E-state index is -1.66. The minimum absolute atomic E-state index is 0.00498. The van der Waals surface area contributed by atoms with Gasteiger partial charge in [0, 0.05) is 17.7 Å². The molecule has 10 nitrogen and oxygen atoms in total. The summed E-state index contributed by atoms with van der Waals surface area (Å²) in [6.07, 6.45) is -6.05. The fourth-order valence-corrected chi connectivity index (χ4v) is 3.16. The van der Waals surface area contributed by atoms with Gasteiger partial charge in [-0.15, -0.1) is 0 Å². The lowest BCUT2D eigenvalue weighted by atomic mass is 10.1. The first-order valence-corrected chi connectivity index (χ1v) is 8.91. The molecule has 0 amide bonds. The molecule has 0 saturated carbocycles. The molecule has 1 aliphatic heterocycles. The third-order valence-corrected chi connectivity index (χ3v) is 4.76. The van der Waals surface area contributed by atoms with Gasteiger partial charge in [0.05, 0.1) is 6.61 Å². The van der Waals surface area contributed by atoms with Gasteiger partial charge in [0.2, 0.25) is 12.0 Å². The third kappa shape index (κ3) is 3.42. The van der Waals surface area contributed by atoms with Gasteiger partial charge in [-0.25, -0.2) is 0 Å². The van der Waals surface area contributed by atoms with E-state index < -0.39 is 47.3 Å². The SMILES string of the molecule is O=c1cc(-c2ccc(O)cc2)oc2c(O[C@@H]3OC[C@H](O)[C@H](O)[C@H]3O)c(O)cc(O)c12. The molecule has 1 aliphatic rings. The van der Waals surface area contributed by atoms with Crippen LogP contribution in [0.15, 0.2) is 45.6 Å². The van der Waals surface area contributed by atoms with Gasteiger partial charge in [0.15, 0.2) is 16.8 Å². The summed E-state index contributed by atoms with van der Waals surface area (Å²) in [7, 11) is 0. The number of phenolic OH excluding ortho intramolecular Hbond substituents is 3. The molecule has 4 rings (SSSR count). The number of rotatable bonds is 3. The second-order valence-electron chi connectivity index (χ2n) is 6.84. The molecule has 2 aromatic carbocycles. The number of phenols is 3. The van der Waals surface area contributed by atoms with Crippen LogP contribution in [-0.2, 0) is 4.74 Å². The number of aromatic hydroxyl groups is 3. The van der Waals surface area contributed by atoms with Crippen molar-refractivity contribution in [2.75, 3.05) is 6.61 Å². The van der Waals surface area contributed by atoms with Crippen molar-refractivity contribution in [3.8, 4) is 34.3 Å². The fraction of sp³-hybridized carbons (Fsp3) is 0.250. The molecule has 1 aromatic heterocycles. The van der Waals surface area contributed by atoms with Crippen LogP contribution in [0.2, 0.25) is 0 Å². The van der Waals surface area contributed by atoms with Crippen molar-refractivity contribution in [3.63, 3.8) is 0 Å². The number of fused-ring (bicyclic) bond motifs is 1. The van der Waals surface area contributed by atoms with E-state index >= 15 is 0 Å². The first-order chi connectivity index (χ1) is 14.3. The molecule has 1 saturated heterocycles. The van der Waals surface area contributed by atoms with Gasteiger partial charge in [0.25, 0.3) is 0 Å². The number of hydrogen-bond donors (Lipinski definition) is 6. The maximum absolute atomic E-state index is 12.6. The van der Waals surface area contributed by atoms with Gasteiger partial charge in [-0.3, -0.25) is 4.79 Å². The highest BCUT2D eigenvalue weighted by molar-refractivity contribution is 5.91. The van der Waals surface area contributed by atoms with Crippen molar-refractivity contribution >= 4 is 11.0 Å². The summed E-state index contributed by atoms with van der Waals surface area (Å²) in [6.45, 7) is -0.345. The standard InChI is InChI=1S/C20H18O10/c21-9-3-1-8(2-4-9)14-6-11(23)15-10(22)5-12(24)18(19(15)29-14)30-20-17(27)16(26)13(25)7-28-20/h1-6,13,16-17,20-22,24-27H,7H2/t13-,16-,17+,20-/m0/s1. The summed E-state index contributed by atoms with van der Waals surface area (Å²) in [5.74, 6) is -1.51. The van der Waals surface area contributed by atoms with Crippen LogP contribution in [0.3, 0.4) is 0 Å². The van der Waals surface area contributed by atoms with E-state index in [1.807, 2.05) is 0 Å². The Bertz CT molecular complexity index is 1140. The lowest BCUT2D eigenvalue weighted by Gasteiger charge is -2.35. The Morgan fingerprint density at radius 2 is 1.63 bits per heavy atom.